The molecule has 1 aliphatic heterocycles. The van der Waals surface area contributed by atoms with Crippen LogP contribution in [-0.4, -0.2) is 9.97 Å². The maximum absolute atomic E-state index is 5.27. The third-order valence-corrected chi connectivity index (χ3v) is 11.8. The Balaban J connectivity index is 1.13. The molecule has 0 fully saturated rings. The van der Waals surface area contributed by atoms with Gasteiger partial charge in [0.05, 0.1) is 17.1 Å². The summed E-state index contributed by atoms with van der Waals surface area (Å²) in [5.74, 6) is 0.725. The van der Waals surface area contributed by atoms with Crippen molar-refractivity contribution in [2.45, 2.75) is 10.3 Å². The molecule has 0 radical (unpaired) electrons. The number of nitrogens with zero attached hydrogens (tertiary/aromatic N) is 2. The lowest BCUT2D eigenvalue weighted by Crippen LogP contribution is -2.01. The second-order valence-electron chi connectivity index (χ2n) is 12.2. The molecule has 10 rings (SSSR count). The molecule has 5 heteroatoms. The average Bonchev–Trinajstić information content (AvgIpc) is 3.77. The molecule has 0 aliphatic carbocycles. The van der Waals surface area contributed by atoms with Crippen LogP contribution in [0.3, 0.4) is 0 Å². The summed E-state index contributed by atoms with van der Waals surface area (Å²) in [6.45, 7) is 0. The highest BCUT2D eigenvalue weighted by atomic mass is 32.2. The van der Waals surface area contributed by atoms with Crippen LogP contribution in [0.5, 0.6) is 0 Å². The van der Waals surface area contributed by atoms with Crippen molar-refractivity contribution in [2.75, 3.05) is 5.32 Å². The first-order valence-electron chi connectivity index (χ1n) is 16.1. The lowest BCUT2D eigenvalue weighted by molar-refractivity contribution is 1.14. The molecule has 1 aliphatic rings. The minimum Gasteiger partial charge on any atom is -0.368 e. The van der Waals surface area contributed by atoms with Crippen molar-refractivity contribution in [2.24, 2.45) is 0 Å². The van der Waals surface area contributed by atoms with Crippen molar-refractivity contribution >= 4 is 70.5 Å². The molecule has 3 heterocycles. The summed E-state index contributed by atoms with van der Waals surface area (Å²) >= 11 is 3.71. The standard InChI is InChI=1S/C43H27N3S2/c1-3-10-26(11-4-1)35-25-36(34-16-9-15-33-32-14-7-8-17-37(32)47-41(33)34)45-42(44-35)30-20-22-31-29(24-30)19-18-27-21-23-38-40(39(27)31)46-43(48-38)28-12-5-2-6-13-28/h1-25,43,46H. The third kappa shape index (κ3) is 4.50. The Hall–Kier alpha value is -5.49. The average molecular weight is 650 g/mol. The molecule has 1 unspecified atom stereocenters. The number of benzene rings is 7. The highest BCUT2D eigenvalue weighted by Gasteiger charge is 2.25. The first-order valence-corrected chi connectivity index (χ1v) is 17.8. The van der Waals surface area contributed by atoms with Gasteiger partial charge in [-0.25, -0.2) is 9.97 Å². The SMILES string of the molecule is c1ccc(-c2cc(-c3cccc4c3sc3ccccc34)nc(-c3ccc4c(ccc5ccc6c(c54)NC(c4ccccc4)S6)c3)n2)cc1. The molecule has 2 aromatic heterocycles. The van der Waals surface area contributed by atoms with E-state index in [1.165, 1.54) is 57.9 Å². The van der Waals surface area contributed by atoms with E-state index < -0.39 is 0 Å². The Labute approximate surface area is 285 Å². The van der Waals surface area contributed by atoms with E-state index in [0.29, 0.717) is 0 Å². The molecule has 3 nitrogen and oxygen atoms in total. The molecule has 0 spiro atoms. The van der Waals surface area contributed by atoms with Crippen molar-refractivity contribution in [3.63, 3.8) is 0 Å². The molecule has 226 valence electrons. The van der Waals surface area contributed by atoms with Crippen LogP contribution in [0.4, 0.5) is 5.69 Å². The fraction of sp³-hybridized carbons (Fsp3) is 0.0233. The van der Waals surface area contributed by atoms with E-state index in [1.807, 2.05) is 29.2 Å². The first-order chi connectivity index (χ1) is 23.8. The van der Waals surface area contributed by atoms with E-state index in [-0.39, 0.29) is 5.37 Å². The molecule has 1 atom stereocenters. The molecule has 0 saturated carbocycles. The zero-order valence-corrected chi connectivity index (χ0v) is 27.4. The number of rotatable bonds is 4. The van der Waals surface area contributed by atoms with Crippen LogP contribution in [-0.2, 0) is 0 Å². The van der Waals surface area contributed by atoms with Gasteiger partial charge in [-0.1, -0.05) is 139 Å². The van der Waals surface area contributed by atoms with Gasteiger partial charge < -0.3 is 5.32 Å². The van der Waals surface area contributed by atoms with Crippen LogP contribution in [0.1, 0.15) is 10.9 Å². The van der Waals surface area contributed by atoms with Crippen LogP contribution < -0.4 is 5.32 Å². The van der Waals surface area contributed by atoms with Crippen molar-refractivity contribution in [3.05, 3.63) is 157 Å². The molecule has 0 amide bonds. The van der Waals surface area contributed by atoms with Crippen molar-refractivity contribution in [1.82, 2.24) is 9.97 Å². The van der Waals surface area contributed by atoms with Gasteiger partial charge in [-0.15, -0.1) is 11.3 Å². The number of thioether (sulfide) groups is 1. The van der Waals surface area contributed by atoms with Crippen molar-refractivity contribution in [3.8, 4) is 33.9 Å². The van der Waals surface area contributed by atoms with Gasteiger partial charge in [-0.3, -0.25) is 0 Å². The molecule has 1 N–H and O–H groups in total. The maximum Gasteiger partial charge on any atom is 0.160 e. The van der Waals surface area contributed by atoms with Gasteiger partial charge in [-0.2, -0.15) is 0 Å². The summed E-state index contributed by atoms with van der Waals surface area (Å²) in [5, 5.41) is 11.5. The monoisotopic (exact) mass is 649 g/mol. The summed E-state index contributed by atoms with van der Waals surface area (Å²) < 4.78 is 2.54. The van der Waals surface area contributed by atoms with Crippen LogP contribution >= 0.6 is 23.1 Å². The van der Waals surface area contributed by atoms with E-state index >= 15 is 0 Å². The molecule has 0 bridgehead atoms. The van der Waals surface area contributed by atoms with Gasteiger partial charge in [0.2, 0.25) is 0 Å². The minimum absolute atomic E-state index is 0.194. The van der Waals surface area contributed by atoms with Crippen molar-refractivity contribution < 1.29 is 0 Å². The number of anilines is 1. The molecule has 0 saturated heterocycles. The van der Waals surface area contributed by atoms with E-state index in [2.05, 4.69) is 151 Å². The molecule has 48 heavy (non-hydrogen) atoms. The minimum atomic E-state index is 0.194. The Morgan fingerprint density at radius 3 is 2.19 bits per heavy atom. The maximum atomic E-state index is 5.27. The largest absolute Gasteiger partial charge is 0.368 e. The van der Waals surface area contributed by atoms with E-state index in [0.717, 1.165) is 33.9 Å². The van der Waals surface area contributed by atoms with E-state index in [1.54, 1.807) is 0 Å². The Kier molecular flexibility index (Phi) is 6.36. The topological polar surface area (TPSA) is 37.8 Å². The third-order valence-electron chi connectivity index (χ3n) is 9.32. The summed E-state index contributed by atoms with van der Waals surface area (Å²) in [6, 6.07) is 54.1. The lowest BCUT2D eigenvalue weighted by atomic mass is 9.98. The number of fused-ring (bicyclic) bond motifs is 8. The van der Waals surface area contributed by atoms with E-state index in [9.17, 15) is 0 Å². The second kappa shape index (κ2) is 11.1. The van der Waals surface area contributed by atoms with Gasteiger partial charge in [0.25, 0.3) is 0 Å². The normalized spacial score (nSPS) is 14.1. The van der Waals surface area contributed by atoms with Crippen molar-refractivity contribution in [1.29, 1.82) is 0 Å². The van der Waals surface area contributed by atoms with Crippen LogP contribution in [0.15, 0.2) is 157 Å². The van der Waals surface area contributed by atoms with Gasteiger partial charge in [0.15, 0.2) is 5.82 Å². The smallest absolute Gasteiger partial charge is 0.160 e. The van der Waals surface area contributed by atoms with Gasteiger partial charge in [0.1, 0.15) is 5.37 Å². The predicted molar refractivity (Wildman–Crippen MR) is 205 cm³/mol. The van der Waals surface area contributed by atoms with E-state index in [4.69, 9.17) is 9.97 Å². The zero-order chi connectivity index (χ0) is 31.6. The van der Waals surface area contributed by atoms with Crippen LogP contribution in [0, 0.1) is 0 Å². The van der Waals surface area contributed by atoms with Crippen LogP contribution in [0.25, 0.3) is 75.6 Å². The lowest BCUT2D eigenvalue weighted by Gasteiger charge is -2.13. The first kappa shape index (κ1) is 27.6. The molecular formula is C43H27N3S2. The Morgan fingerprint density at radius 2 is 1.29 bits per heavy atom. The summed E-state index contributed by atoms with van der Waals surface area (Å²) in [5.41, 5.74) is 7.55. The Morgan fingerprint density at radius 1 is 0.542 bits per heavy atom. The fourth-order valence-corrected chi connectivity index (χ4v) is 9.38. The van der Waals surface area contributed by atoms with Gasteiger partial charge in [0, 0.05) is 47.1 Å². The molecular weight excluding hydrogens is 623 g/mol. The van der Waals surface area contributed by atoms with Gasteiger partial charge in [-0.05, 0) is 46.0 Å². The highest BCUT2D eigenvalue weighted by Crippen LogP contribution is 2.51. The summed E-state index contributed by atoms with van der Waals surface area (Å²) in [6.07, 6.45) is 0. The second-order valence-corrected chi connectivity index (χ2v) is 14.4. The molecule has 9 aromatic rings. The predicted octanol–water partition coefficient (Wildman–Crippen LogP) is 12.4. The van der Waals surface area contributed by atoms with Gasteiger partial charge >= 0.3 is 0 Å². The number of nitrogens with one attached hydrogen (secondary N) is 1. The quantitative estimate of drug-likeness (QED) is 0.193. The number of hydrogen-bond acceptors (Lipinski definition) is 5. The number of aromatic nitrogens is 2. The van der Waals surface area contributed by atoms with Crippen LogP contribution in [0.2, 0.25) is 0 Å². The number of hydrogen-bond donors (Lipinski definition) is 1. The summed E-state index contributed by atoms with van der Waals surface area (Å²) in [4.78, 5) is 11.7. The highest BCUT2D eigenvalue weighted by molar-refractivity contribution is 8.00. The Bertz CT molecular complexity index is 2680. The molecule has 7 aromatic carbocycles. The summed E-state index contributed by atoms with van der Waals surface area (Å²) in [7, 11) is 0. The zero-order valence-electron chi connectivity index (χ0n) is 25.7. The fourth-order valence-electron chi connectivity index (χ4n) is 7.00. The number of thiophene rings is 1.